The average Bonchev–Trinajstić information content (AvgIpc) is 3.05. The van der Waals surface area contributed by atoms with Crippen LogP contribution in [0.15, 0.2) is 30.3 Å². The molecule has 0 radical (unpaired) electrons. The predicted octanol–water partition coefficient (Wildman–Crippen LogP) is 2.08. The molecule has 0 amide bonds. The van der Waals surface area contributed by atoms with Crippen LogP contribution in [0.25, 0.3) is 0 Å². The second-order valence-corrected chi connectivity index (χ2v) is 3.64. The van der Waals surface area contributed by atoms with Crippen LogP contribution < -0.4 is 0 Å². The van der Waals surface area contributed by atoms with Gasteiger partial charge in [-0.1, -0.05) is 37.3 Å². The van der Waals surface area contributed by atoms with E-state index in [1.165, 1.54) is 7.11 Å². The van der Waals surface area contributed by atoms with E-state index in [0.29, 0.717) is 6.42 Å². The van der Waals surface area contributed by atoms with Crippen LogP contribution in [0.3, 0.4) is 0 Å². The highest BCUT2D eigenvalue weighted by Gasteiger charge is 2.62. The fourth-order valence-electron chi connectivity index (χ4n) is 1.88. The van der Waals surface area contributed by atoms with Crippen LogP contribution in [0.2, 0.25) is 0 Å². The highest BCUT2D eigenvalue weighted by molar-refractivity contribution is 5.83. The first-order chi connectivity index (χ1) is 7.24. The number of ether oxygens (including phenoxy) is 2. The molecule has 15 heavy (non-hydrogen) atoms. The molecule has 0 aromatic heterocycles. The third kappa shape index (κ3) is 1.53. The Morgan fingerprint density at radius 3 is 2.67 bits per heavy atom. The second-order valence-electron chi connectivity index (χ2n) is 3.64. The normalized spacial score (nSPS) is 28.5. The van der Waals surface area contributed by atoms with Gasteiger partial charge in [0.15, 0.2) is 5.60 Å². The Kier molecular flexibility index (Phi) is 2.49. The molecule has 1 aliphatic rings. The van der Waals surface area contributed by atoms with Gasteiger partial charge in [-0.15, -0.1) is 0 Å². The summed E-state index contributed by atoms with van der Waals surface area (Å²) in [6.07, 6.45) is 0.496. The van der Waals surface area contributed by atoms with E-state index in [-0.39, 0.29) is 12.1 Å². The first-order valence-corrected chi connectivity index (χ1v) is 5.06. The molecule has 0 N–H and O–H groups in total. The second kappa shape index (κ2) is 3.66. The molecular formula is C12H14O3. The van der Waals surface area contributed by atoms with E-state index >= 15 is 0 Å². The van der Waals surface area contributed by atoms with Crippen molar-refractivity contribution in [2.24, 2.45) is 0 Å². The van der Waals surface area contributed by atoms with Gasteiger partial charge in [0.1, 0.15) is 6.10 Å². The summed E-state index contributed by atoms with van der Waals surface area (Å²) in [5.41, 5.74) is 0.292. The van der Waals surface area contributed by atoms with Crippen LogP contribution in [-0.4, -0.2) is 18.7 Å². The summed E-state index contributed by atoms with van der Waals surface area (Å²) in [5.74, 6) is -0.279. The standard InChI is InChI=1S/C12H14O3/c1-3-12(11(13)14-2)10(15-12)9-7-5-4-6-8-9/h4-8,10H,3H2,1-2H3. The van der Waals surface area contributed by atoms with Gasteiger partial charge in [-0.3, -0.25) is 0 Å². The summed E-state index contributed by atoms with van der Waals surface area (Å²) in [6.45, 7) is 1.93. The molecule has 3 heteroatoms. The molecule has 0 spiro atoms. The van der Waals surface area contributed by atoms with Crippen molar-refractivity contribution < 1.29 is 14.3 Å². The van der Waals surface area contributed by atoms with E-state index in [9.17, 15) is 4.79 Å². The number of benzene rings is 1. The molecule has 0 aliphatic carbocycles. The molecule has 80 valence electrons. The van der Waals surface area contributed by atoms with Gasteiger partial charge in [-0.2, -0.15) is 0 Å². The molecule has 1 heterocycles. The molecule has 1 saturated heterocycles. The molecule has 2 atom stereocenters. The van der Waals surface area contributed by atoms with Crippen molar-refractivity contribution in [2.45, 2.75) is 25.0 Å². The molecule has 1 aliphatic heterocycles. The average molecular weight is 206 g/mol. The Hall–Kier alpha value is -1.35. The fraction of sp³-hybridized carbons (Fsp3) is 0.417. The van der Waals surface area contributed by atoms with Crippen molar-refractivity contribution in [1.29, 1.82) is 0 Å². The van der Waals surface area contributed by atoms with Crippen molar-refractivity contribution in [3.63, 3.8) is 0 Å². The maximum absolute atomic E-state index is 11.6. The van der Waals surface area contributed by atoms with Gasteiger partial charge in [-0.05, 0) is 12.0 Å². The third-order valence-electron chi connectivity index (χ3n) is 2.85. The maximum Gasteiger partial charge on any atom is 0.341 e. The highest BCUT2D eigenvalue weighted by Crippen LogP contribution is 2.52. The van der Waals surface area contributed by atoms with Gasteiger partial charge in [0.2, 0.25) is 0 Å². The zero-order valence-corrected chi connectivity index (χ0v) is 8.90. The van der Waals surface area contributed by atoms with Crippen molar-refractivity contribution in [3.8, 4) is 0 Å². The van der Waals surface area contributed by atoms with Crippen LogP contribution in [0.1, 0.15) is 25.0 Å². The number of methoxy groups -OCH3 is 1. The molecule has 1 aromatic rings. The maximum atomic E-state index is 11.6. The summed E-state index contributed by atoms with van der Waals surface area (Å²) in [6, 6.07) is 9.75. The van der Waals surface area contributed by atoms with Crippen molar-refractivity contribution in [3.05, 3.63) is 35.9 Å². The van der Waals surface area contributed by atoms with E-state index in [1.54, 1.807) is 0 Å². The van der Waals surface area contributed by atoms with E-state index in [0.717, 1.165) is 5.56 Å². The first kappa shape index (κ1) is 10.2. The lowest BCUT2D eigenvalue weighted by Crippen LogP contribution is -2.25. The zero-order chi connectivity index (χ0) is 10.9. The van der Waals surface area contributed by atoms with E-state index in [1.807, 2.05) is 37.3 Å². The van der Waals surface area contributed by atoms with Crippen LogP contribution in [0.4, 0.5) is 0 Å². The number of carbonyl (C=O) groups is 1. The minimum absolute atomic E-state index is 0.142. The van der Waals surface area contributed by atoms with Gasteiger partial charge in [0.05, 0.1) is 7.11 Å². The first-order valence-electron chi connectivity index (χ1n) is 5.06. The molecule has 2 unspecified atom stereocenters. The van der Waals surface area contributed by atoms with Crippen molar-refractivity contribution >= 4 is 5.97 Å². The van der Waals surface area contributed by atoms with Gasteiger partial charge in [-0.25, -0.2) is 4.79 Å². The Bertz CT molecular complexity index is 360. The van der Waals surface area contributed by atoms with Crippen LogP contribution >= 0.6 is 0 Å². The van der Waals surface area contributed by atoms with Gasteiger partial charge < -0.3 is 9.47 Å². The summed E-state index contributed by atoms with van der Waals surface area (Å²) >= 11 is 0. The molecule has 0 saturated carbocycles. The molecule has 1 fully saturated rings. The van der Waals surface area contributed by atoms with Gasteiger partial charge in [0, 0.05) is 0 Å². The molecule has 2 rings (SSSR count). The third-order valence-corrected chi connectivity index (χ3v) is 2.85. The lowest BCUT2D eigenvalue weighted by atomic mass is 9.97. The van der Waals surface area contributed by atoms with Crippen LogP contribution in [0, 0.1) is 0 Å². The number of rotatable bonds is 3. The summed E-state index contributed by atoms with van der Waals surface area (Å²) in [7, 11) is 1.39. The van der Waals surface area contributed by atoms with Gasteiger partial charge in [0.25, 0.3) is 0 Å². The summed E-state index contributed by atoms with van der Waals surface area (Å²) < 4.78 is 10.3. The Balaban J connectivity index is 2.20. The SMILES string of the molecule is CCC1(C(=O)OC)OC1c1ccccc1. The smallest absolute Gasteiger partial charge is 0.341 e. The van der Waals surface area contributed by atoms with Crippen LogP contribution in [-0.2, 0) is 14.3 Å². The monoisotopic (exact) mass is 206 g/mol. The van der Waals surface area contributed by atoms with Gasteiger partial charge >= 0.3 is 5.97 Å². The predicted molar refractivity (Wildman–Crippen MR) is 55.3 cm³/mol. The number of epoxide rings is 1. The Morgan fingerprint density at radius 1 is 1.47 bits per heavy atom. The van der Waals surface area contributed by atoms with Crippen molar-refractivity contribution in [1.82, 2.24) is 0 Å². The number of hydrogen-bond acceptors (Lipinski definition) is 3. The molecule has 1 aromatic carbocycles. The zero-order valence-electron chi connectivity index (χ0n) is 8.90. The Labute approximate surface area is 89.0 Å². The molecular weight excluding hydrogens is 192 g/mol. The quantitative estimate of drug-likeness (QED) is 0.561. The fourth-order valence-corrected chi connectivity index (χ4v) is 1.88. The molecule has 3 nitrogen and oxygen atoms in total. The number of esters is 1. The topological polar surface area (TPSA) is 38.8 Å². The lowest BCUT2D eigenvalue weighted by molar-refractivity contribution is -0.147. The van der Waals surface area contributed by atoms with E-state index in [2.05, 4.69) is 0 Å². The summed E-state index contributed by atoms with van der Waals surface area (Å²) in [4.78, 5) is 11.6. The minimum Gasteiger partial charge on any atom is -0.467 e. The van der Waals surface area contributed by atoms with E-state index in [4.69, 9.17) is 9.47 Å². The van der Waals surface area contributed by atoms with Crippen LogP contribution in [0.5, 0.6) is 0 Å². The molecule has 0 bridgehead atoms. The van der Waals surface area contributed by atoms with E-state index < -0.39 is 5.60 Å². The van der Waals surface area contributed by atoms with Crippen molar-refractivity contribution in [2.75, 3.05) is 7.11 Å². The number of hydrogen-bond donors (Lipinski definition) is 0. The minimum atomic E-state index is -0.740. The largest absolute Gasteiger partial charge is 0.467 e. The lowest BCUT2D eigenvalue weighted by Gasteiger charge is -2.06. The highest BCUT2D eigenvalue weighted by atomic mass is 16.7. The number of carbonyl (C=O) groups excluding carboxylic acids is 1. The Morgan fingerprint density at radius 2 is 2.13 bits per heavy atom. The summed E-state index contributed by atoms with van der Waals surface area (Å²) in [5, 5.41) is 0.